The number of rotatable bonds is 6. The maximum absolute atomic E-state index is 12.7. The molecule has 2 nitrogen and oxygen atoms in total. The molecule has 0 heterocycles. The van der Waals surface area contributed by atoms with Crippen molar-refractivity contribution in [2.75, 3.05) is 13.1 Å². The lowest BCUT2D eigenvalue weighted by Crippen LogP contribution is -2.60. The molecule has 0 aromatic carbocycles. The molecule has 0 fully saturated rings. The van der Waals surface area contributed by atoms with Crippen LogP contribution in [0.1, 0.15) is 53.9 Å². The molecule has 0 aliphatic rings. The predicted molar refractivity (Wildman–Crippen MR) is 69.2 cm³/mol. The Balaban J connectivity index is 5.05. The Bertz CT molecular complexity index is 230. The zero-order chi connectivity index (χ0) is 14.6. The van der Waals surface area contributed by atoms with Gasteiger partial charge in [-0.1, -0.05) is 41.0 Å². The third-order valence-electron chi connectivity index (χ3n) is 2.96. The van der Waals surface area contributed by atoms with Gasteiger partial charge >= 0.3 is 6.18 Å². The van der Waals surface area contributed by atoms with Crippen molar-refractivity contribution in [2.45, 2.75) is 65.7 Å². The zero-order valence-corrected chi connectivity index (χ0v) is 12.2. The second-order valence-corrected chi connectivity index (χ2v) is 6.24. The van der Waals surface area contributed by atoms with Crippen LogP contribution in [0.2, 0.25) is 0 Å². The molecule has 1 atom stereocenters. The van der Waals surface area contributed by atoms with Gasteiger partial charge in [0.05, 0.1) is 12.2 Å². The van der Waals surface area contributed by atoms with Crippen molar-refractivity contribution >= 4 is 0 Å². The summed E-state index contributed by atoms with van der Waals surface area (Å²) in [5.41, 5.74) is 5.12. The quantitative estimate of drug-likeness (QED) is 0.743. The number of alkyl halides is 3. The van der Waals surface area contributed by atoms with Crippen LogP contribution in [0.4, 0.5) is 13.2 Å². The molecule has 0 aromatic heterocycles. The molecule has 0 spiro atoms. The second-order valence-electron chi connectivity index (χ2n) is 6.24. The van der Waals surface area contributed by atoms with Crippen LogP contribution in [-0.2, 0) is 0 Å². The monoisotopic (exact) mass is 268 g/mol. The van der Waals surface area contributed by atoms with E-state index >= 15 is 0 Å². The van der Waals surface area contributed by atoms with Gasteiger partial charge < -0.3 is 5.73 Å². The first-order valence-electron chi connectivity index (χ1n) is 6.54. The third-order valence-corrected chi connectivity index (χ3v) is 2.96. The lowest BCUT2D eigenvalue weighted by Gasteiger charge is -2.44. The summed E-state index contributed by atoms with van der Waals surface area (Å²) in [6.07, 6.45) is -2.33. The summed E-state index contributed by atoms with van der Waals surface area (Å²) in [7, 11) is 0. The molecule has 0 aliphatic heterocycles. The van der Waals surface area contributed by atoms with E-state index in [1.807, 2.05) is 34.6 Å². The van der Waals surface area contributed by atoms with Crippen molar-refractivity contribution < 1.29 is 13.2 Å². The number of halogens is 3. The lowest BCUT2D eigenvalue weighted by molar-refractivity contribution is -0.164. The molecule has 0 aliphatic carbocycles. The fourth-order valence-electron chi connectivity index (χ4n) is 2.15. The molecular formula is C13H27F3N2. The van der Waals surface area contributed by atoms with E-state index in [4.69, 9.17) is 5.73 Å². The van der Waals surface area contributed by atoms with E-state index in [-0.39, 0.29) is 5.41 Å². The Morgan fingerprint density at radius 1 is 1.00 bits per heavy atom. The van der Waals surface area contributed by atoms with Crippen LogP contribution in [0.3, 0.4) is 0 Å². The second kappa shape index (κ2) is 6.24. The molecule has 0 radical (unpaired) electrons. The van der Waals surface area contributed by atoms with Crippen LogP contribution in [0, 0.1) is 5.41 Å². The normalized spacial score (nSPS) is 17.0. The van der Waals surface area contributed by atoms with Gasteiger partial charge in [0.1, 0.15) is 0 Å². The summed E-state index contributed by atoms with van der Waals surface area (Å²) >= 11 is 0. The SMILES string of the molecule is CCCC(N)(CC)N(CC(C)(C)C)CC(F)(F)F. The minimum absolute atomic E-state index is 0.210. The van der Waals surface area contributed by atoms with Crippen LogP contribution >= 0.6 is 0 Å². The lowest BCUT2D eigenvalue weighted by atomic mass is 9.91. The molecule has 5 heteroatoms. The van der Waals surface area contributed by atoms with Gasteiger partial charge in [-0.25, -0.2) is 0 Å². The molecule has 1 unspecified atom stereocenters. The molecule has 0 bridgehead atoms. The number of nitrogens with two attached hydrogens (primary N) is 1. The highest BCUT2D eigenvalue weighted by atomic mass is 19.4. The Morgan fingerprint density at radius 3 is 1.78 bits per heavy atom. The molecule has 110 valence electrons. The fraction of sp³-hybridized carbons (Fsp3) is 1.00. The van der Waals surface area contributed by atoms with Crippen molar-refractivity contribution in [1.29, 1.82) is 0 Å². The largest absolute Gasteiger partial charge is 0.401 e. The van der Waals surface area contributed by atoms with E-state index in [1.165, 1.54) is 4.90 Å². The standard InChI is InChI=1S/C13H27F3N2/c1-6-8-12(17,7-2)18(9-11(3,4)5)10-13(14,15)16/h6-10,17H2,1-5H3. The van der Waals surface area contributed by atoms with Gasteiger partial charge in [-0.3, -0.25) is 4.90 Å². The summed E-state index contributed by atoms with van der Waals surface area (Å²) < 4.78 is 38.1. The van der Waals surface area contributed by atoms with Crippen LogP contribution in [0.5, 0.6) is 0 Å². The van der Waals surface area contributed by atoms with Crippen LogP contribution in [-0.4, -0.2) is 29.8 Å². The van der Waals surface area contributed by atoms with E-state index in [0.717, 1.165) is 6.42 Å². The number of nitrogens with zero attached hydrogens (tertiary/aromatic N) is 1. The van der Waals surface area contributed by atoms with Gasteiger partial charge in [-0.05, 0) is 18.3 Å². The molecule has 0 saturated heterocycles. The van der Waals surface area contributed by atoms with Crippen LogP contribution in [0.15, 0.2) is 0 Å². The van der Waals surface area contributed by atoms with Crippen LogP contribution < -0.4 is 5.73 Å². The summed E-state index contributed by atoms with van der Waals surface area (Å²) in [6.45, 7) is 8.99. The van der Waals surface area contributed by atoms with Crippen molar-refractivity contribution in [3.05, 3.63) is 0 Å². The van der Waals surface area contributed by atoms with E-state index in [1.54, 1.807) is 0 Å². The zero-order valence-electron chi connectivity index (χ0n) is 12.2. The summed E-state index contributed by atoms with van der Waals surface area (Å²) in [5.74, 6) is 0. The van der Waals surface area contributed by atoms with Gasteiger partial charge in [0, 0.05) is 6.54 Å². The van der Waals surface area contributed by atoms with Gasteiger partial charge in [0.2, 0.25) is 0 Å². The minimum Gasteiger partial charge on any atom is -0.313 e. The summed E-state index contributed by atoms with van der Waals surface area (Å²) in [6, 6.07) is 0. The molecule has 2 N–H and O–H groups in total. The first kappa shape index (κ1) is 17.7. The van der Waals surface area contributed by atoms with E-state index in [9.17, 15) is 13.2 Å². The Kier molecular flexibility index (Phi) is 6.14. The molecule has 0 aromatic rings. The highest BCUT2D eigenvalue weighted by Crippen LogP contribution is 2.29. The maximum Gasteiger partial charge on any atom is 0.401 e. The molecule has 0 amide bonds. The van der Waals surface area contributed by atoms with Gasteiger partial charge in [0.15, 0.2) is 0 Å². The predicted octanol–water partition coefficient (Wildman–Crippen LogP) is 3.76. The molecule has 0 saturated carbocycles. The topological polar surface area (TPSA) is 29.3 Å². The highest BCUT2D eigenvalue weighted by molar-refractivity contribution is 4.87. The molecule has 0 rings (SSSR count). The minimum atomic E-state index is -4.21. The van der Waals surface area contributed by atoms with E-state index < -0.39 is 18.4 Å². The third kappa shape index (κ3) is 6.59. The van der Waals surface area contributed by atoms with E-state index in [0.29, 0.717) is 19.4 Å². The molecule has 18 heavy (non-hydrogen) atoms. The number of hydrogen-bond acceptors (Lipinski definition) is 2. The average molecular weight is 268 g/mol. The van der Waals surface area contributed by atoms with Crippen molar-refractivity contribution in [1.82, 2.24) is 4.90 Å². The smallest absolute Gasteiger partial charge is 0.313 e. The first-order valence-corrected chi connectivity index (χ1v) is 6.54. The average Bonchev–Trinajstić information content (AvgIpc) is 2.12. The summed E-state index contributed by atoms with van der Waals surface area (Å²) in [4.78, 5) is 1.40. The van der Waals surface area contributed by atoms with Crippen LogP contribution in [0.25, 0.3) is 0 Å². The number of hydrogen-bond donors (Lipinski definition) is 1. The van der Waals surface area contributed by atoms with E-state index in [2.05, 4.69) is 0 Å². The van der Waals surface area contributed by atoms with Crippen molar-refractivity contribution in [3.63, 3.8) is 0 Å². The van der Waals surface area contributed by atoms with Crippen molar-refractivity contribution in [3.8, 4) is 0 Å². The Hall–Kier alpha value is -0.290. The maximum atomic E-state index is 12.7. The Morgan fingerprint density at radius 2 is 1.50 bits per heavy atom. The van der Waals surface area contributed by atoms with Gasteiger partial charge in [-0.15, -0.1) is 0 Å². The first-order chi connectivity index (χ1) is 7.93. The fourth-order valence-corrected chi connectivity index (χ4v) is 2.15. The van der Waals surface area contributed by atoms with Gasteiger partial charge in [0.25, 0.3) is 0 Å². The van der Waals surface area contributed by atoms with Crippen molar-refractivity contribution in [2.24, 2.45) is 11.1 Å². The Labute approximate surface area is 109 Å². The van der Waals surface area contributed by atoms with Gasteiger partial charge in [-0.2, -0.15) is 13.2 Å². The highest BCUT2D eigenvalue weighted by Gasteiger charge is 2.40. The summed E-state index contributed by atoms with van der Waals surface area (Å²) in [5, 5.41) is 0. The molecular weight excluding hydrogens is 241 g/mol.